The largest absolute Gasteiger partial charge is 0.496 e. The third-order valence-electron chi connectivity index (χ3n) is 3.63. The number of hydrogen-bond acceptors (Lipinski definition) is 2. The van der Waals surface area contributed by atoms with Gasteiger partial charge in [-0.3, -0.25) is 4.99 Å². The summed E-state index contributed by atoms with van der Waals surface area (Å²) in [5, 5.41) is 0. The van der Waals surface area contributed by atoms with Crippen molar-refractivity contribution in [1.82, 2.24) is 0 Å². The van der Waals surface area contributed by atoms with Crippen LogP contribution in [0.5, 0.6) is 5.75 Å². The smallest absolute Gasteiger partial charge is 0.122 e. The van der Waals surface area contributed by atoms with Crippen molar-refractivity contribution in [3.8, 4) is 5.75 Å². The van der Waals surface area contributed by atoms with Gasteiger partial charge in [0.25, 0.3) is 0 Å². The highest BCUT2D eigenvalue weighted by atomic mass is 16.5. The van der Waals surface area contributed by atoms with Gasteiger partial charge in [-0.2, -0.15) is 0 Å². The summed E-state index contributed by atoms with van der Waals surface area (Å²) in [7, 11) is 1.73. The minimum absolute atomic E-state index is 0.436. The number of rotatable bonds is 3. The van der Waals surface area contributed by atoms with Gasteiger partial charge in [-0.1, -0.05) is 48.5 Å². The van der Waals surface area contributed by atoms with Gasteiger partial charge in [-0.15, -0.1) is 0 Å². The first kappa shape index (κ1) is 12.0. The number of benzene rings is 2. The Morgan fingerprint density at radius 3 is 2.53 bits per heavy atom. The molecule has 0 radical (unpaired) electrons. The minimum Gasteiger partial charge on any atom is -0.496 e. The van der Waals surface area contributed by atoms with Crippen molar-refractivity contribution in [2.45, 2.75) is 12.3 Å². The van der Waals surface area contributed by atoms with Crippen LogP contribution in [0.4, 0.5) is 0 Å². The third-order valence-corrected chi connectivity index (χ3v) is 3.63. The molecule has 0 N–H and O–H groups in total. The lowest BCUT2D eigenvalue weighted by atomic mass is 9.93. The lowest BCUT2D eigenvalue weighted by Crippen LogP contribution is -2.03. The first-order chi connectivity index (χ1) is 9.38. The fourth-order valence-corrected chi connectivity index (χ4v) is 2.63. The van der Waals surface area contributed by atoms with Crippen molar-refractivity contribution in [2.75, 3.05) is 13.7 Å². The zero-order chi connectivity index (χ0) is 13.1. The molecule has 0 spiro atoms. The number of hydrogen-bond donors (Lipinski definition) is 0. The predicted octanol–water partition coefficient (Wildman–Crippen LogP) is 3.67. The van der Waals surface area contributed by atoms with Crippen LogP contribution in [0.1, 0.15) is 23.5 Å². The maximum absolute atomic E-state index is 5.45. The summed E-state index contributed by atoms with van der Waals surface area (Å²) in [6.45, 7) is 0.852. The lowest BCUT2D eigenvalue weighted by molar-refractivity contribution is 0.406. The van der Waals surface area contributed by atoms with E-state index >= 15 is 0 Å². The number of aliphatic imine (C=N–C) groups is 1. The van der Waals surface area contributed by atoms with E-state index in [0.29, 0.717) is 5.92 Å². The highest BCUT2D eigenvalue weighted by Gasteiger charge is 2.23. The molecule has 2 aromatic carbocycles. The quantitative estimate of drug-likeness (QED) is 0.815. The molecule has 3 rings (SSSR count). The van der Waals surface area contributed by atoms with Gasteiger partial charge in [0.1, 0.15) is 5.75 Å². The number of ether oxygens (including phenoxy) is 1. The van der Waals surface area contributed by atoms with Crippen LogP contribution in [0.25, 0.3) is 0 Å². The van der Waals surface area contributed by atoms with Gasteiger partial charge in [-0.05, 0) is 23.6 Å². The Hall–Kier alpha value is -2.09. The van der Waals surface area contributed by atoms with E-state index in [-0.39, 0.29) is 0 Å². The van der Waals surface area contributed by atoms with Gasteiger partial charge in [0.15, 0.2) is 0 Å². The molecule has 1 heterocycles. The van der Waals surface area contributed by atoms with E-state index in [2.05, 4.69) is 36.4 Å². The Bertz CT molecular complexity index is 589. The standard InChI is InChI=1S/C17H17NO/c1-19-17-10-6-5-9-15(17)14-11-16(18-12-14)13-7-3-2-4-8-13/h2-10,14H,11-12H2,1H3. The summed E-state index contributed by atoms with van der Waals surface area (Å²) in [5.41, 5.74) is 3.70. The predicted molar refractivity (Wildman–Crippen MR) is 78.2 cm³/mol. The van der Waals surface area contributed by atoms with E-state index < -0.39 is 0 Å². The van der Waals surface area contributed by atoms with Crippen LogP contribution in [0.3, 0.4) is 0 Å². The number of methoxy groups -OCH3 is 1. The van der Waals surface area contributed by atoms with Crippen LogP contribution in [0, 0.1) is 0 Å². The van der Waals surface area contributed by atoms with Gasteiger partial charge < -0.3 is 4.74 Å². The molecule has 0 aromatic heterocycles. The molecule has 1 aliphatic rings. The van der Waals surface area contributed by atoms with E-state index in [1.807, 2.05) is 18.2 Å². The second-order valence-corrected chi connectivity index (χ2v) is 4.80. The molecule has 2 nitrogen and oxygen atoms in total. The topological polar surface area (TPSA) is 21.6 Å². The molecule has 0 saturated carbocycles. The second-order valence-electron chi connectivity index (χ2n) is 4.80. The van der Waals surface area contributed by atoms with E-state index in [9.17, 15) is 0 Å². The molecule has 1 atom stereocenters. The monoisotopic (exact) mass is 251 g/mol. The summed E-state index contributed by atoms with van der Waals surface area (Å²) < 4.78 is 5.45. The normalized spacial score (nSPS) is 18.2. The Kier molecular flexibility index (Phi) is 3.32. The average Bonchev–Trinajstić information content (AvgIpc) is 2.98. The molecule has 2 aromatic rings. The van der Waals surface area contributed by atoms with Crippen LogP contribution < -0.4 is 4.74 Å². The van der Waals surface area contributed by atoms with Crippen molar-refractivity contribution >= 4 is 5.71 Å². The second kappa shape index (κ2) is 5.27. The number of para-hydroxylation sites is 1. The lowest BCUT2D eigenvalue weighted by Gasteiger charge is -2.13. The Morgan fingerprint density at radius 1 is 1.00 bits per heavy atom. The Morgan fingerprint density at radius 2 is 1.74 bits per heavy atom. The molecule has 0 saturated heterocycles. The molecule has 1 aliphatic heterocycles. The molecular weight excluding hydrogens is 234 g/mol. The maximum Gasteiger partial charge on any atom is 0.122 e. The molecule has 19 heavy (non-hydrogen) atoms. The van der Waals surface area contributed by atoms with Crippen molar-refractivity contribution in [3.05, 3.63) is 65.7 Å². The Labute approximate surface area is 113 Å². The van der Waals surface area contributed by atoms with Gasteiger partial charge in [0.05, 0.1) is 7.11 Å². The van der Waals surface area contributed by atoms with Crippen molar-refractivity contribution in [3.63, 3.8) is 0 Å². The fourth-order valence-electron chi connectivity index (χ4n) is 2.63. The van der Waals surface area contributed by atoms with Gasteiger partial charge in [0.2, 0.25) is 0 Å². The SMILES string of the molecule is COc1ccccc1C1CN=C(c2ccccc2)C1. The maximum atomic E-state index is 5.45. The van der Waals surface area contributed by atoms with Crippen LogP contribution in [0.2, 0.25) is 0 Å². The number of nitrogens with zero attached hydrogens (tertiary/aromatic N) is 1. The first-order valence-electron chi connectivity index (χ1n) is 6.60. The van der Waals surface area contributed by atoms with E-state index in [0.717, 1.165) is 18.7 Å². The summed E-state index contributed by atoms with van der Waals surface area (Å²) in [6.07, 6.45) is 0.990. The van der Waals surface area contributed by atoms with E-state index in [4.69, 9.17) is 9.73 Å². The molecule has 0 fully saturated rings. The van der Waals surface area contributed by atoms with Crippen molar-refractivity contribution in [1.29, 1.82) is 0 Å². The van der Waals surface area contributed by atoms with Gasteiger partial charge in [-0.25, -0.2) is 0 Å². The zero-order valence-electron chi connectivity index (χ0n) is 11.0. The van der Waals surface area contributed by atoms with E-state index in [1.165, 1.54) is 16.8 Å². The van der Waals surface area contributed by atoms with Crippen molar-refractivity contribution in [2.24, 2.45) is 4.99 Å². The Balaban J connectivity index is 1.81. The summed E-state index contributed by atoms with van der Waals surface area (Å²) in [4.78, 5) is 4.70. The van der Waals surface area contributed by atoms with Crippen molar-refractivity contribution < 1.29 is 4.74 Å². The van der Waals surface area contributed by atoms with Crippen LogP contribution in [-0.4, -0.2) is 19.4 Å². The third kappa shape index (κ3) is 2.39. The molecule has 0 amide bonds. The summed E-state index contributed by atoms with van der Waals surface area (Å²) >= 11 is 0. The summed E-state index contributed by atoms with van der Waals surface area (Å²) in [6, 6.07) is 18.7. The molecule has 2 heteroatoms. The molecule has 96 valence electrons. The fraction of sp³-hybridized carbons (Fsp3) is 0.235. The molecular formula is C17H17NO. The zero-order valence-corrected chi connectivity index (χ0v) is 11.0. The first-order valence-corrected chi connectivity index (χ1v) is 6.60. The van der Waals surface area contributed by atoms with Crippen LogP contribution in [0.15, 0.2) is 59.6 Å². The minimum atomic E-state index is 0.436. The van der Waals surface area contributed by atoms with Gasteiger partial charge >= 0.3 is 0 Å². The van der Waals surface area contributed by atoms with Crippen LogP contribution >= 0.6 is 0 Å². The van der Waals surface area contributed by atoms with E-state index in [1.54, 1.807) is 7.11 Å². The summed E-state index contributed by atoms with van der Waals surface area (Å²) in [5.74, 6) is 1.41. The average molecular weight is 251 g/mol. The molecule has 0 aliphatic carbocycles. The molecule has 0 bridgehead atoms. The highest BCUT2D eigenvalue weighted by Crippen LogP contribution is 2.33. The van der Waals surface area contributed by atoms with Crippen LogP contribution in [-0.2, 0) is 0 Å². The highest BCUT2D eigenvalue weighted by molar-refractivity contribution is 6.02. The molecule has 1 unspecified atom stereocenters. The van der Waals surface area contributed by atoms with Gasteiger partial charge in [0, 0.05) is 18.2 Å².